The van der Waals surface area contributed by atoms with E-state index in [1.165, 1.54) is 18.1 Å². The molecule has 0 bridgehead atoms. The quantitative estimate of drug-likeness (QED) is 0.594. The Morgan fingerprint density at radius 2 is 1.06 bits per heavy atom. The van der Waals surface area contributed by atoms with Crippen molar-refractivity contribution in [3.63, 3.8) is 0 Å². The highest BCUT2D eigenvalue weighted by atomic mass is 28.4. The van der Waals surface area contributed by atoms with Gasteiger partial charge in [-0.3, -0.25) is 0 Å². The van der Waals surface area contributed by atoms with E-state index in [-0.39, 0.29) is 10.8 Å². The molecule has 104 valence electrons. The first-order valence-corrected chi connectivity index (χ1v) is 9.73. The molecule has 0 saturated carbocycles. The molecule has 0 N–H and O–H groups in total. The molecule has 0 atom stereocenters. The lowest BCUT2D eigenvalue weighted by atomic mass is 9.74. The predicted molar refractivity (Wildman–Crippen MR) is 81.0 cm³/mol. The van der Waals surface area contributed by atoms with Crippen molar-refractivity contribution in [2.24, 2.45) is 10.8 Å². The summed E-state index contributed by atoms with van der Waals surface area (Å²) >= 11 is 0. The fourth-order valence-electron chi connectivity index (χ4n) is 2.90. The van der Waals surface area contributed by atoms with E-state index in [2.05, 4.69) is 62.3 Å². The average molecular weight is 259 g/mol. The second-order valence-corrected chi connectivity index (χ2v) is 12.2. The molecule has 2 heteroatoms. The van der Waals surface area contributed by atoms with Gasteiger partial charge in [0.2, 0.25) is 0 Å². The van der Waals surface area contributed by atoms with E-state index in [0.29, 0.717) is 6.10 Å². The molecule has 0 aliphatic heterocycles. The van der Waals surface area contributed by atoms with Crippen molar-refractivity contribution in [2.75, 3.05) is 0 Å². The van der Waals surface area contributed by atoms with Crippen molar-refractivity contribution in [2.45, 2.75) is 86.5 Å². The van der Waals surface area contributed by atoms with Crippen LogP contribution in [-0.2, 0) is 4.43 Å². The van der Waals surface area contributed by atoms with Crippen LogP contribution in [0, 0.1) is 10.8 Å². The Balaban J connectivity index is 5.12. The zero-order valence-electron chi connectivity index (χ0n) is 13.6. The minimum absolute atomic E-state index is 0.218. The smallest absolute Gasteiger partial charge is 0.192 e. The molecule has 0 aromatic heterocycles. The van der Waals surface area contributed by atoms with Gasteiger partial charge in [0, 0.05) is 0 Å². The maximum Gasteiger partial charge on any atom is 0.192 e. The molecule has 0 aliphatic rings. The van der Waals surface area contributed by atoms with Crippen LogP contribution in [0.5, 0.6) is 0 Å². The number of hydrogen-bond acceptors (Lipinski definition) is 1. The van der Waals surface area contributed by atoms with Crippen LogP contribution in [0.3, 0.4) is 0 Å². The van der Waals surface area contributed by atoms with Gasteiger partial charge in [-0.2, -0.15) is 0 Å². The fourth-order valence-corrected chi connectivity index (χ4v) is 6.11. The van der Waals surface area contributed by atoms with E-state index in [1.807, 2.05) is 0 Å². The second-order valence-electron chi connectivity index (χ2n) is 7.47. The highest BCUT2D eigenvalue weighted by Gasteiger charge is 2.41. The molecule has 0 aromatic carbocycles. The summed E-state index contributed by atoms with van der Waals surface area (Å²) < 4.78 is 6.75. The van der Waals surface area contributed by atoms with E-state index in [0.717, 1.165) is 0 Å². The summed E-state index contributed by atoms with van der Waals surface area (Å²) in [6, 6.07) is 3.72. The average Bonchev–Trinajstić information content (AvgIpc) is 2.17. The monoisotopic (exact) mass is 258 g/mol. The Hall–Kier alpha value is 0.177. The summed E-state index contributed by atoms with van der Waals surface area (Å²) in [6.07, 6.45) is 0.349. The Morgan fingerprint density at radius 1 is 0.765 bits per heavy atom. The molecule has 17 heavy (non-hydrogen) atoms. The SMILES string of the molecule is CC[Si](CC)(CC)OC(C(C)(C)C)C(C)(C)C. The summed E-state index contributed by atoms with van der Waals surface area (Å²) in [5, 5.41) is 0. The zero-order valence-corrected chi connectivity index (χ0v) is 14.6. The highest BCUT2D eigenvalue weighted by molar-refractivity contribution is 6.73. The maximum absolute atomic E-state index is 6.75. The number of rotatable bonds is 5. The lowest BCUT2D eigenvalue weighted by Gasteiger charge is -2.46. The van der Waals surface area contributed by atoms with Gasteiger partial charge in [0.25, 0.3) is 0 Å². The third-order valence-corrected chi connectivity index (χ3v) is 8.48. The van der Waals surface area contributed by atoms with E-state index in [1.54, 1.807) is 0 Å². The largest absolute Gasteiger partial charge is 0.413 e. The molecular formula is C15H34OSi. The minimum atomic E-state index is -1.50. The van der Waals surface area contributed by atoms with Gasteiger partial charge in [-0.15, -0.1) is 0 Å². The van der Waals surface area contributed by atoms with Gasteiger partial charge < -0.3 is 4.43 Å². The van der Waals surface area contributed by atoms with Gasteiger partial charge in [-0.05, 0) is 29.0 Å². The van der Waals surface area contributed by atoms with Crippen LogP contribution in [0.1, 0.15) is 62.3 Å². The van der Waals surface area contributed by atoms with Crippen LogP contribution >= 0.6 is 0 Å². The molecule has 0 heterocycles. The minimum Gasteiger partial charge on any atom is -0.413 e. The molecule has 0 spiro atoms. The van der Waals surface area contributed by atoms with Crippen molar-refractivity contribution in [1.82, 2.24) is 0 Å². The second kappa shape index (κ2) is 5.88. The first kappa shape index (κ1) is 17.2. The molecule has 0 radical (unpaired) electrons. The van der Waals surface area contributed by atoms with Gasteiger partial charge >= 0.3 is 0 Å². The Kier molecular flexibility index (Phi) is 5.94. The van der Waals surface area contributed by atoms with Crippen molar-refractivity contribution in [1.29, 1.82) is 0 Å². The summed E-state index contributed by atoms with van der Waals surface area (Å²) in [5.41, 5.74) is 0.437. The molecule has 0 aliphatic carbocycles. The van der Waals surface area contributed by atoms with Crippen LogP contribution < -0.4 is 0 Å². The first-order chi connectivity index (χ1) is 7.52. The molecule has 0 amide bonds. The van der Waals surface area contributed by atoms with Crippen LogP contribution in [0.15, 0.2) is 0 Å². The third-order valence-electron chi connectivity index (χ3n) is 3.87. The maximum atomic E-state index is 6.75. The summed E-state index contributed by atoms with van der Waals surface area (Å²) in [5.74, 6) is 0. The Labute approximate surface area is 110 Å². The van der Waals surface area contributed by atoms with Gasteiger partial charge in [-0.25, -0.2) is 0 Å². The topological polar surface area (TPSA) is 9.23 Å². The van der Waals surface area contributed by atoms with Crippen LogP contribution in [-0.4, -0.2) is 14.4 Å². The van der Waals surface area contributed by atoms with Crippen LogP contribution in [0.4, 0.5) is 0 Å². The summed E-state index contributed by atoms with van der Waals surface area (Å²) in [7, 11) is -1.50. The van der Waals surface area contributed by atoms with Gasteiger partial charge in [0.1, 0.15) is 0 Å². The van der Waals surface area contributed by atoms with E-state index in [9.17, 15) is 0 Å². The normalized spacial score (nSPS) is 14.5. The summed E-state index contributed by atoms with van der Waals surface area (Å²) in [4.78, 5) is 0. The Morgan fingerprint density at radius 3 is 1.24 bits per heavy atom. The fraction of sp³-hybridized carbons (Fsp3) is 1.00. The van der Waals surface area contributed by atoms with Crippen molar-refractivity contribution < 1.29 is 4.43 Å². The van der Waals surface area contributed by atoms with Gasteiger partial charge in [0.15, 0.2) is 8.32 Å². The third kappa shape index (κ3) is 4.74. The van der Waals surface area contributed by atoms with Gasteiger partial charge in [-0.1, -0.05) is 62.3 Å². The van der Waals surface area contributed by atoms with E-state index >= 15 is 0 Å². The molecule has 1 nitrogen and oxygen atoms in total. The molecule has 0 aromatic rings. The van der Waals surface area contributed by atoms with E-state index in [4.69, 9.17) is 4.43 Å². The van der Waals surface area contributed by atoms with Crippen LogP contribution in [0.25, 0.3) is 0 Å². The Bertz CT molecular complexity index is 196. The summed E-state index contributed by atoms with van der Waals surface area (Å²) in [6.45, 7) is 20.8. The molecule has 0 saturated heterocycles. The van der Waals surface area contributed by atoms with Crippen molar-refractivity contribution in [3.05, 3.63) is 0 Å². The van der Waals surface area contributed by atoms with Crippen LogP contribution in [0.2, 0.25) is 18.1 Å². The first-order valence-electron chi connectivity index (χ1n) is 7.20. The predicted octanol–water partition coefficient (Wildman–Crippen LogP) is 5.47. The lowest BCUT2D eigenvalue weighted by molar-refractivity contribution is -0.0107. The zero-order chi connectivity index (χ0) is 13.9. The lowest BCUT2D eigenvalue weighted by Crippen LogP contribution is -2.49. The molecule has 0 rings (SSSR count). The van der Waals surface area contributed by atoms with E-state index < -0.39 is 8.32 Å². The van der Waals surface area contributed by atoms with Crippen molar-refractivity contribution in [3.8, 4) is 0 Å². The molecule has 0 unspecified atom stereocenters. The molecular weight excluding hydrogens is 224 g/mol. The highest BCUT2D eigenvalue weighted by Crippen LogP contribution is 2.39. The number of hydrogen-bond donors (Lipinski definition) is 0. The standard InChI is InChI=1S/C15H34OSi/c1-10-17(11-2,12-3)16-13(14(4,5)6)15(7,8)9/h13H,10-12H2,1-9H3. The van der Waals surface area contributed by atoms with Gasteiger partial charge in [0.05, 0.1) is 6.10 Å². The molecule has 0 fully saturated rings. The van der Waals surface area contributed by atoms with Crippen molar-refractivity contribution >= 4 is 8.32 Å².